The molecule has 2 fully saturated rings. The van der Waals surface area contributed by atoms with Crippen LogP contribution in [0.15, 0.2) is 54.9 Å². The van der Waals surface area contributed by atoms with Crippen LogP contribution in [-0.2, 0) is 0 Å². The van der Waals surface area contributed by atoms with E-state index in [1.807, 2.05) is 22.9 Å². The summed E-state index contributed by atoms with van der Waals surface area (Å²) in [4.78, 5) is 12.9. The first kappa shape index (κ1) is 18.0. The minimum Gasteiger partial charge on any atom is -0.507 e. The Morgan fingerprint density at radius 2 is 2.21 bits per heavy atom. The lowest BCUT2D eigenvalue weighted by molar-refractivity contribution is 0.234. The van der Waals surface area contributed by atoms with Crippen molar-refractivity contribution in [1.82, 2.24) is 24.8 Å². The topological polar surface area (TPSA) is 75.9 Å². The number of aromatic nitrogens is 4. The summed E-state index contributed by atoms with van der Waals surface area (Å²) in [7, 11) is 0. The summed E-state index contributed by atoms with van der Waals surface area (Å²) in [6.45, 7) is 2.15. The molecule has 4 heterocycles. The highest BCUT2D eigenvalue weighted by molar-refractivity contribution is 5.68. The minimum absolute atomic E-state index is 0.0186. The molecule has 5 rings (SSSR count). The molecule has 148 valence electrons. The van der Waals surface area contributed by atoms with E-state index in [1.54, 1.807) is 37.1 Å². The maximum atomic E-state index is 14.7. The molecule has 29 heavy (non-hydrogen) atoms. The molecule has 2 aromatic heterocycles. The van der Waals surface area contributed by atoms with Crippen molar-refractivity contribution in [1.29, 1.82) is 0 Å². The Morgan fingerprint density at radius 3 is 2.93 bits per heavy atom. The predicted octanol–water partition coefficient (Wildman–Crippen LogP) is 3.67. The number of phenols is 1. The van der Waals surface area contributed by atoms with Gasteiger partial charge in [0.1, 0.15) is 11.9 Å². The Kier molecular flexibility index (Phi) is 4.20. The summed E-state index contributed by atoms with van der Waals surface area (Å²) < 4.78 is 16.5. The molecule has 2 aliphatic rings. The third kappa shape index (κ3) is 3.31. The van der Waals surface area contributed by atoms with Crippen LogP contribution in [0.5, 0.6) is 5.75 Å². The zero-order valence-corrected chi connectivity index (χ0v) is 16.1. The number of alkyl halides is 1. The Labute approximate surface area is 168 Å². The fourth-order valence-corrected chi connectivity index (χ4v) is 4.41. The van der Waals surface area contributed by atoms with Crippen LogP contribution in [0, 0.1) is 0 Å². The lowest BCUT2D eigenvalue weighted by atomic mass is 9.87. The van der Waals surface area contributed by atoms with E-state index in [2.05, 4.69) is 27.2 Å². The third-order valence-corrected chi connectivity index (χ3v) is 5.91. The fourth-order valence-electron chi connectivity index (χ4n) is 4.41. The summed E-state index contributed by atoms with van der Waals surface area (Å²) in [5.41, 5.74) is 3.36. The van der Waals surface area contributed by atoms with Crippen LogP contribution in [0.1, 0.15) is 31.9 Å². The van der Waals surface area contributed by atoms with Gasteiger partial charge in [-0.15, -0.1) is 0 Å². The van der Waals surface area contributed by atoms with Crippen LogP contribution < -0.4 is 5.32 Å². The molecule has 0 amide bonds. The van der Waals surface area contributed by atoms with Gasteiger partial charge in [-0.05, 0) is 50.0 Å². The van der Waals surface area contributed by atoms with Gasteiger partial charge in [-0.1, -0.05) is 0 Å². The third-order valence-electron chi connectivity index (χ3n) is 5.91. The first-order valence-corrected chi connectivity index (χ1v) is 9.77. The van der Waals surface area contributed by atoms with Crippen LogP contribution in [0.2, 0.25) is 0 Å². The van der Waals surface area contributed by atoms with Crippen molar-refractivity contribution in [3.05, 3.63) is 60.6 Å². The molecule has 0 aliphatic carbocycles. The van der Waals surface area contributed by atoms with Crippen LogP contribution in [0.4, 0.5) is 4.39 Å². The molecule has 2 N–H and O–H groups in total. The Morgan fingerprint density at radius 1 is 1.31 bits per heavy atom. The van der Waals surface area contributed by atoms with Crippen molar-refractivity contribution < 1.29 is 9.50 Å². The molecule has 2 aliphatic heterocycles. The number of nitrogens with one attached hydrogen (secondary N) is 1. The number of nitrogens with zero attached hydrogens (tertiary/aromatic N) is 4. The minimum atomic E-state index is -0.980. The molecule has 0 radical (unpaired) electrons. The second-order valence-electron chi connectivity index (χ2n) is 8.15. The maximum Gasteiger partial charge on any atom is 0.137 e. The molecule has 3 aromatic rings. The van der Waals surface area contributed by atoms with E-state index in [4.69, 9.17) is 0 Å². The van der Waals surface area contributed by atoms with Crippen LogP contribution in [0.25, 0.3) is 23.0 Å². The molecule has 1 aromatic carbocycles. The second-order valence-corrected chi connectivity index (χ2v) is 8.15. The summed E-state index contributed by atoms with van der Waals surface area (Å²) in [5, 5.41) is 13.8. The van der Waals surface area contributed by atoms with Crippen molar-refractivity contribution in [3.8, 4) is 22.7 Å². The van der Waals surface area contributed by atoms with Gasteiger partial charge in [0.2, 0.25) is 0 Å². The molecular weight excluding hydrogens is 369 g/mol. The van der Waals surface area contributed by atoms with Gasteiger partial charge in [-0.3, -0.25) is 9.97 Å². The average molecular weight is 391 g/mol. The number of piperidine rings is 1. The van der Waals surface area contributed by atoms with E-state index in [0.717, 1.165) is 24.1 Å². The van der Waals surface area contributed by atoms with Gasteiger partial charge < -0.3 is 15.0 Å². The quantitative estimate of drug-likeness (QED) is 0.713. The zero-order valence-electron chi connectivity index (χ0n) is 16.1. The smallest absolute Gasteiger partial charge is 0.137 e. The molecule has 3 atom stereocenters. The number of hydrogen-bond acceptors (Lipinski definition) is 5. The van der Waals surface area contributed by atoms with E-state index >= 15 is 0 Å². The molecule has 1 unspecified atom stereocenters. The summed E-state index contributed by atoms with van der Waals surface area (Å²) >= 11 is 0. The molecule has 6 nitrogen and oxygen atoms in total. The number of halogens is 1. The highest BCUT2D eigenvalue weighted by Gasteiger charge is 2.45. The van der Waals surface area contributed by atoms with Crippen molar-refractivity contribution >= 4 is 6.08 Å². The molecule has 0 spiro atoms. The van der Waals surface area contributed by atoms with E-state index in [-0.39, 0.29) is 17.3 Å². The number of benzene rings is 1. The van der Waals surface area contributed by atoms with Crippen molar-refractivity contribution in [2.75, 3.05) is 0 Å². The van der Waals surface area contributed by atoms with Gasteiger partial charge in [0, 0.05) is 35.6 Å². The van der Waals surface area contributed by atoms with E-state index < -0.39 is 6.17 Å². The standard InChI is InChI=1S/C22H22FN5O/c1-22-5-4-18(27-22)21(23)14(10-22)8-15-11-26-19(12-25-15)17-3-2-16(9-20(17)29)28-7-6-24-13-28/h2-3,6-9,11-13,18,21,27,29H,4-5,10H2,1H3/b14-8-/t18?,21-,22-/m0/s1. The molecular formula is C22H22FN5O. The van der Waals surface area contributed by atoms with E-state index in [9.17, 15) is 9.50 Å². The number of fused-ring (bicyclic) bond motifs is 2. The Bertz CT molecular complexity index is 1060. The fraction of sp³-hybridized carbons (Fsp3) is 0.318. The van der Waals surface area contributed by atoms with Crippen LogP contribution in [0.3, 0.4) is 0 Å². The lowest BCUT2D eigenvalue weighted by Crippen LogP contribution is -2.50. The number of imidazole rings is 1. The normalized spacial score (nSPS) is 27.4. The highest BCUT2D eigenvalue weighted by atomic mass is 19.1. The highest BCUT2D eigenvalue weighted by Crippen LogP contribution is 2.40. The van der Waals surface area contributed by atoms with Gasteiger partial charge in [0.15, 0.2) is 0 Å². The Hall–Kier alpha value is -3.06. The zero-order chi connectivity index (χ0) is 20.0. The molecule has 2 bridgehead atoms. The first-order valence-electron chi connectivity index (χ1n) is 9.77. The summed E-state index contributed by atoms with van der Waals surface area (Å²) in [6, 6.07) is 5.25. The SMILES string of the molecule is C[C@@]12CCC(N1)[C@@H](F)/C(=C\c1cnc(-c3ccc(-n4ccnc4)cc3O)cn1)C2. The number of rotatable bonds is 3. The van der Waals surface area contributed by atoms with Crippen LogP contribution in [-0.4, -0.2) is 42.4 Å². The van der Waals surface area contributed by atoms with E-state index in [0.29, 0.717) is 23.4 Å². The second kappa shape index (κ2) is 6.77. The Balaban J connectivity index is 1.39. The number of phenolic OH excluding ortho intramolecular Hbond substituents is 1. The van der Waals surface area contributed by atoms with Crippen molar-refractivity contribution in [3.63, 3.8) is 0 Å². The van der Waals surface area contributed by atoms with Crippen molar-refractivity contribution in [2.45, 2.75) is 43.9 Å². The van der Waals surface area contributed by atoms with Gasteiger partial charge in [-0.2, -0.15) is 0 Å². The molecule has 0 saturated carbocycles. The van der Waals surface area contributed by atoms with Gasteiger partial charge >= 0.3 is 0 Å². The monoisotopic (exact) mass is 391 g/mol. The van der Waals surface area contributed by atoms with Crippen molar-refractivity contribution in [2.24, 2.45) is 0 Å². The molecule has 7 heteroatoms. The number of hydrogen-bond donors (Lipinski definition) is 2. The lowest BCUT2D eigenvalue weighted by Gasteiger charge is -2.35. The summed E-state index contributed by atoms with van der Waals surface area (Å²) in [5.74, 6) is 0.114. The van der Waals surface area contributed by atoms with Gasteiger partial charge in [0.25, 0.3) is 0 Å². The average Bonchev–Trinajstić information content (AvgIpc) is 3.36. The summed E-state index contributed by atoms with van der Waals surface area (Å²) in [6.07, 6.45) is 11.8. The van der Waals surface area contributed by atoms with Gasteiger partial charge in [-0.25, -0.2) is 9.37 Å². The maximum absolute atomic E-state index is 14.7. The van der Waals surface area contributed by atoms with Gasteiger partial charge in [0.05, 0.1) is 35.8 Å². The first-order chi connectivity index (χ1) is 14.0. The largest absolute Gasteiger partial charge is 0.507 e. The number of aromatic hydroxyl groups is 1. The van der Waals surface area contributed by atoms with E-state index in [1.165, 1.54) is 0 Å². The van der Waals surface area contributed by atoms with Crippen LogP contribution >= 0.6 is 0 Å². The molecule has 2 saturated heterocycles. The predicted molar refractivity (Wildman–Crippen MR) is 108 cm³/mol.